The number of aliphatic imine (C=N–C) groups is 1. The summed E-state index contributed by atoms with van der Waals surface area (Å²) in [4.78, 5) is 17.9. The highest BCUT2D eigenvalue weighted by Gasteiger charge is 2.23. The highest BCUT2D eigenvalue weighted by Crippen LogP contribution is 2.16. The first-order chi connectivity index (χ1) is 13.2. The van der Waals surface area contributed by atoms with Gasteiger partial charge in [0.05, 0.1) is 6.61 Å². The molecule has 3 N–H and O–H groups in total. The largest absolute Gasteiger partial charge is 0.450 e. The summed E-state index contributed by atoms with van der Waals surface area (Å²) in [6, 6.07) is 15.1. The average molecular weight is 496 g/mol. The maximum atomic E-state index is 11.7. The van der Waals surface area contributed by atoms with E-state index in [1.807, 2.05) is 6.92 Å². The van der Waals surface area contributed by atoms with Crippen molar-refractivity contribution in [3.8, 4) is 0 Å². The Morgan fingerprint density at radius 2 is 1.93 bits per heavy atom. The summed E-state index contributed by atoms with van der Waals surface area (Å²) in [5.74, 6) is 0.477. The van der Waals surface area contributed by atoms with Crippen LogP contribution < -0.4 is 11.1 Å². The van der Waals surface area contributed by atoms with E-state index >= 15 is 0 Å². The zero-order valence-corrected chi connectivity index (χ0v) is 18.6. The van der Waals surface area contributed by atoms with Gasteiger partial charge in [-0.15, -0.1) is 24.0 Å². The van der Waals surface area contributed by atoms with Gasteiger partial charge in [-0.1, -0.05) is 42.5 Å². The highest BCUT2D eigenvalue weighted by atomic mass is 127. The average Bonchev–Trinajstić information content (AvgIpc) is 2.68. The van der Waals surface area contributed by atoms with Crippen LogP contribution in [0.25, 0.3) is 10.8 Å². The van der Waals surface area contributed by atoms with Crippen molar-refractivity contribution in [2.45, 2.75) is 32.2 Å². The van der Waals surface area contributed by atoms with Crippen molar-refractivity contribution < 1.29 is 9.53 Å². The summed E-state index contributed by atoms with van der Waals surface area (Å²) in [5, 5.41) is 5.77. The summed E-state index contributed by atoms with van der Waals surface area (Å²) in [6.07, 6.45) is 2.32. The Kier molecular flexibility index (Phi) is 8.82. The number of amides is 1. The Morgan fingerprint density at radius 3 is 2.64 bits per heavy atom. The second-order valence-electron chi connectivity index (χ2n) is 6.80. The summed E-state index contributed by atoms with van der Waals surface area (Å²) in [6.45, 7) is 4.25. The number of fused-ring (bicyclic) bond motifs is 1. The van der Waals surface area contributed by atoms with E-state index in [-0.39, 0.29) is 36.1 Å². The molecule has 1 fully saturated rings. The van der Waals surface area contributed by atoms with Crippen molar-refractivity contribution in [1.82, 2.24) is 10.2 Å². The van der Waals surface area contributed by atoms with Crippen molar-refractivity contribution in [2.24, 2.45) is 10.7 Å². The molecule has 152 valence electrons. The molecule has 0 aliphatic carbocycles. The predicted molar refractivity (Wildman–Crippen MR) is 124 cm³/mol. The third kappa shape index (κ3) is 6.25. The maximum Gasteiger partial charge on any atom is 0.409 e. The minimum atomic E-state index is -0.229. The van der Waals surface area contributed by atoms with Gasteiger partial charge in [0.15, 0.2) is 5.96 Å². The van der Waals surface area contributed by atoms with E-state index in [0.29, 0.717) is 32.2 Å². The van der Waals surface area contributed by atoms with Crippen LogP contribution in [0.15, 0.2) is 47.5 Å². The van der Waals surface area contributed by atoms with E-state index < -0.39 is 0 Å². The van der Waals surface area contributed by atoms with E-state index in [4.69, 9.17) is 10.5 Å². The molecule has 2 aromatic carbocycles. The van der Waals surface area contributed by atoms with Crippen LogP contribution in [0.5, 0.6) is 0 Å². The van der Waals surface area contributed by atoms with Crippen LogP contribution in [-0.2, 0) is 11.2 Å². The fourth-order valence-corrected chi connectivity index (χ4v) is 3.38. The van der Waals surface area contributed by atoms with Crippen LogP contribution in [0.2, 0.25) is 0 Å². The van der Waals surface area contributed by atoms with Gasteiger partial charge < -0.3 is 20.7 Å². The number of carbonyl (C=O) groups is 1. The van der Waals surface area contributed by atoms with Crippen LogP contribution in [0, 0.1) is 0 Å². The molecule has 0 saturated carbocycles. The number of nitrogens with zero attached hydrogens (tertiary/aromatic N) is 2. The Bertz CT molecular complexity index is 804. The third-order valence-corrected chi connectivity index (χ3v) is 4.87. The molecule has 0 radical (unpaired) electrons. The summed E-state index contributed by atoms with van der Waals surface area (Å²) < 4.78 is 5.04. The first-order valence-electron chi connectivity index (χ1n) is 9.61. The molecule has 1 heterocycles. The lowest BCUT2D eigenvalue weighted by molar-refractivity contribution is 0.0963. The Balaban J connectivity index is 0.00000280. The topological polar surface area (TPSA) is 80.0 Å². The fraction of sp³-hybridized carbons (Fsp3) is 0.429. The number of halogens is 1. The molecule has 0 spiro atoms. The van der Waals surface area contributed by atoms with Gasteiger partial charge in [-0.25, -0.2) is 4.79 Å². The van der Waals surface area contributed by atoms with E-state index in [2.05, 4.69) is 52.8 Å². The van der Waals surface area contributed by atoms with Crippen LogP contribution in [0.3, 0.4) is 0 Å². The minimum Gasteiger partial charge on any atom is -0.450 e. The van der Waals surface area contributed by atoms with Crippen LogP contribution in [0.4, 0.5) is 4.79 Å². The molecule has 2 aromatic rings. The number of nitrogens with one attached hydrogen (secondary N) is 1. The van der Waals surface area contributed by atoms with Crippen molar-refractivity contribution >= 4 is 46.8 Å². The molecule has 1 saturated heterocycles. The van der Waals surface area contributed by atoms with Crippen LogP contribution in [0.1, 0.15) is 25.3 Å². The number of rotatable bonds is 5. The van der Waals surface area contributed by atoms with Crippen LogP contribution >= 0.6 is 24.0 Å². The van der Waals surface area contributed by atoms with Gasteiger partial charge >= 0.3 is 6.09 Å². The summed E-state index contributed by atoms with van der Waals surface area (Å²) in [5.41, 5.74) is 7.29. The van der Waals surface area contributed by atoms with E-state index in [9.17, 15) is 4.79 Å². The quantitative estimate of drug-likeness (QED) is 0.377. The summed E-state index contributed by atoms with van der Waals surface area (Å²) >= 11 is 0. The number of likely N-dealkylation sites (tertiary alicyclic amines) is 1. The van der Waals surface area contributed by atoms with E-state index in [1.165, 1.54) is 16.3 Å². The number of hydrogen-bond acceptors (Lipinski definition) is 3. The lowest BCUT2D eigenvalue weighted by Crippen LogP contribution is -2.48. The van der Waals surface area contributed by atoms with Gasteiger partial charge in [-0.2, -0.15) is 0 Å². The lowest BCUT2D eigenvalue weighted by Gasteiger charge is -2.31. The number of carbonyl (C=O) groups excluding carboxylic acids is 1. The Morgan fingerprint density at radius 1 is 1.21 bits per heavy atom. The lowest BCUT2D eigenvalue weighted by atomic mass is 10.1. The van der Waals surface area contributed by atoms with Crippen molar-refractivity contribution in [2.75, 3.05) is 26.2 Å². The van der Waals surface area contributed by atoms with Crippen molar-refractivity contribution in [3.05, 3.63) is 48.0 Å². The van der Waals surface area contributed by atoms with E-state index in [1.54, 1.807) is 4.90 Å². The molecule has 0 aromatic heterocycles. The molecule has 1 aliphatic heterocycles. The smallest absolute Gasteiger partial charge is 0.409 e. The standard InChI is InChI=1S/C21H28N4O2.HI/c1-2-27-21(26)25-13-10-19(11-14-25)24-20(22)23-12-9-16-7-8-17-5-3-4-6-18(17)15-16;/h3-8,15,19H,2,9-14H2,1H3,(H3,22,23,24);1H. The molecule has 1 aliphatic rings. The van der Waals surface area contributed by atoms with Crippen molar-refractivity contribution in [3.63, 3.8) is 0 Å². The van der Waals surface area contributed by atoms with Gasteiger partial charge in [-0.3, -0.25) is 4.99 Å². The zero-order chi connectivity index (χ0) is 19.1. The van der Waals surface area contributed by atoms with Gasteiger partial charge in [-0.05, 0) is 42.5 Å². The van der Waals surface area contributed by atoms with Gasteiger partial charge in [0.25, 0.3) is 0 Å². The first-order valence-corrected chi connectivity index (χ1v) is 9.61. The third-order valence-electron chi connectivity index (χ3n) is 4.87. The number of nitrogens with two attached hydrogens (primary N) is 1. The summed E-state index contributed by atoms with van der Waals surface area (Å²) in [7, 11) is 0. The number of hydrogen-bond donors (Lipinski definition) is 2. The molecule has 1 amide bonds. The van der Waals surface area contributed by atoms with Crippen LogP contribution in [-0.4, -0.2) is 49.2 Å². The molecule has 28 heavy (non-hydrogen) atoms. The van der Waals surface area contributed by atoms with Crippen molar-refractivity contribution in [1.29, 1.82) is 0 Å². The van der Waals surface area contributed by atoms with Gasteiger partial charge in [0.1, 0.15) is 0 Å². The minimum absolute atomic E-state index is 0. The fourth-order valence-electron chi connectivity index (χ4n) is 3.38. The Labute approximate surface area is 183 Å². The maximum absolute atomic E-state index is 11.7. The predicted octanol–water partition coefficient (Wildman–Crippen LogP) is 3.53. The monoisotopic (exact) mass is 496 g/mol. The molecule has 3 rings (SSSR count). The molecule has 0 atom stereocenters. The first kappa shape index (κ1) is 22.3. The second kappa shape index (κ2) is 11.1. The molecular formula is C21H29IN4O2. The molecule has 0 bridgehead atoms. The highest BCUT2D eigenvalue weighted by molar-refractivity contribution is 14.0. The van der Waals surface area contributed by atoms with Gasteiger partial charge in [0.2, 0.25) is 0 Å². The number of piperidine rings is 1. The number of ether oxygens (including phenoxy) is 1. The zero-order valence-electron chi connectivity index (χ0n) is 16.3. The number of benzene rings is 2. The molecule has 0 unspecified atom stereocenters. The van der Waals surface area contributed by atoms with E-state index in [0.717, 1.165) is 19.3 Å². The molecule has 6 nitrogen and oxygen atoms in total. The normalized spacial score (nSPS) is 15.2. The number of guanidine groups is 1. The Hall–Kier alpha value is -2.03. The van der Waals surface area contributed by atoms with Gasteiger partial charge in [0, 0.05) is 25.7 Å². The molecule has 7 heteroatoms. The molecular weight excluding hydrogens is 467 g/mol. The SMILES string of the molecule is CCOC(=O)N1CCC(NC(N)=NCCc2ccc3ccccc3c2)CC1.I. The second-order valence-corrected chi connectivity index (χ2v) is 6.80.